The van der Waals surface area contributed by atoms with Crippen LogP contribution in [0.1, 0.15) is 24.5 Å². The molecule has 14 heteroatoms. The van der Waals surface area contributed by atoms with Crippen LogP contribution in [-0.4, -0.2) is 38.1 Å². The maximum Gasteiger partial charge on any atom is 0.323 e. The fourth-order valence-corrected chi connectivity index (χ4v) is 6.97. The van der Waals surface area contributed by atoms with Gasteiger partial charge >= 0.3 is 5.97 Å². The van der Waals surface area contributed by atoms with E-state index >= 15 is 0 Å². The molecular formula is C22H18Cl2F2N2O6S2. The third-order valence-electron chi connectivity index (χ3n) is 5.17. The van der Waals surface area contributed by atoms with E-state index in [-0.39, 0.29) is 27.7 Å². The molecule has 2 unspecified atom stereocenters. The smallest absolute Gasteiger partial charge is 0.323 e. The molecule has 0 aliphatic carbocycles. The molecule has 0 saturated heterocycles. The molecule has 2 atom stereocenters. The Morgan fingerprint density at radius 1 is 1.08 bits per heavy atom. The first-order chi connectivity index (χ1) is 16.7. The fraction of sp³-hybridized carbons (Fsp3) is 0.182. The van der Waals surface area contributed by atoms with Crippen molar-refractivity contribution in [2.45, 2.75) is 27.7 Å². The van der Waals surface area contributed by atoms with Crippen molar-refractivity contribution in [3.05, 3.63) is 88.6 Å². The monoisotopic (exact) mass is 578 g/mol. The lowest BCUT2D eigenvalue weighted by atomic mass is 10.0. The van der Waals surface area contributed by atoms with Gasteiger partial charge in [-0.2, -0.15) is 0 Å². The van der Waals surface area contributed by atoms with E-state index in [9.17, 15) is 30.4 Å². The van der Waals surface area contributed by atoms with E-state index in [0.29, 0.717) is 12.1 Å². The minimum absolute atomic E-state index is 0.219. The summed E-state index contributed by atoms with van der Waals surface area (Å²) in [4.78, 5) is 14.7. The van der Waals surface area contributed by atoms with Gasteiger partial charge in [0.15, 0.2) is 5.25 Å². The highest BCUT2D eigenvalue weighted by Crippen LogP contribution is 2.46. The third kappa shape index (κ3) is 5.17. The molecule has 8 nitrogen and oxygen atoms in total. The number of halogens is 4. The van der Waals surface area contributed by atoms with Crippen molar-refractivity contribution < 1.29 is 35.5 Å². The van der Waals surface area contributed by atoms with Crippen LogP contribution in [-0.2, 0) is 28.9 Å². The number of aromatic nitrogens is 1. The van der Waals surface area contributed by atoms with E-state index in [1.807, 2.05) is 4.72 Å². The number of benzene rings is 2. The maximum absolute atomic E-state index is 14.9. The zero-order valence-electron chi connectivity index (χ0n) is 18.3. The van der Waals surface area contributed by atoms with Crippen LogP contribution >= 0.6 is 23.2 Å². The minimum atomic E-state index is -4.70. The zero-order chi connectivity index (χ0) is 26.9. The molecule has 0 radical (unpaired) electrons. The summed E-state index contributed by atoms with van der Waals surface area (Å²) in [7, 11) is -9.09. The van der Waals surface area contributed by atoms with Crippen LogP contribution in [0, 0.1) is 11.6 Å². The van der Waals surface area contributed by atoms with E-state index in [1.54, 1.807) is 0 Å². The highest BCUT2D eigenvalue weighted by atomic mass is 35.5. The van der Waals surface area contributed by atoms with Crippen LogP contribution in [0.3, 0.4) is 0 Å². The van der Waals surface area contributed by atoms with Gasteiger partial charge in [0.1, 0.15) is 17.5 Å². The van der Waals surface area contributed by atoms with E-state index in [4.69, 9.17) is 28.3 Å². The van der Waals surface area contributed by atoms with Crippen LogP contribution in [0.5, 0.6) is 0 Å². The predicted octanol–water partition coefficient (Wildman–Crippen LogP) is 4.53. The maximum atomic E-state index is 14.9. The Labute approximate surface area is 215 Å². The molecule has 36 heavy (non-hydrogen) atoms. The molecule has 3 aromatic rings. The average molecular weight is 579 g/mol. The van der Waals surface area contributed by atoms with Gasteiger partial charge in [0.05, 0.1) is 4.90 Å². The highest BCUT2D eigenvalue weighted by Gasteiger charge is 2.49. The number of sulfonamides is 1. The summed E-state index contributed by atoms with van der Waals surface area (Å²) in [5, 5.41) is 7.58. The normalized spacial score (nSPS) is 14.6. The van der Waals surface area contributed by atoms with Crippen LogP contribution in [0.15, 0.2) is 65.7 Å². The summed E-state index contributed by atoms with van der Waals surface area (Å²) in [6.07, 6.45) is 0.635. The van der Waals surface area contributed by atoms with Gasteiger partial charge in [-0.15, -0.1) is 0 Å². The Hall–Kier alpha value is -2.80. The Balaban J connectivity index is 2.17. The number of carboxylic acids is 1. The van der Waals surface area contributed by atoms with Gasteiger partial charge in [-0.1, -0.05) is 36.2 Å². The van der Waals surface area contributed by atoms with Gasteiger partial charge in [0.2, 0.25) is 24.1 Å². The van der Waals surface area contributed by atoms with Gasteiger partial charge in [0.25, 0.3) is 0 Å². The van der Waals surface area contributed by atoms with Crippen molar-refractivity contribution in [2.75, 3.05) is 4.72 Å². The molecule has 2 aromatic carbocycles. The summed E-state index contributed by atoms with van der Waals surface area (Å²) in [6, 6.07) is 9.03. The van der Waals surface area contributed by atoms with Crippen LogP contribution in [0.2, 0.25) is 5.02 Å². The van der Waals surface area contributed by atoms with E-state index in [0.717, 1.165) is 36.5 Å². The topological polar surface area (TPSA) is 130 Å². The molecule has 0 fully saturated rings. The van der Waals surface area contributed by atoms with Crippen LogP contribution in [0.25, 0.3) is 0 Å². The standard InChI is InChI=1S/C22H18Cl2F2N2O6S2/c1-2-19(21(29)30)36(33,34)28-20-10-3-13(12-27-20)22(24,17-11-15(25)6-9-18(17)26)35(31,32)16-7-4-14(23)5-8-16/h3-12,19H,2H2,1H3,(H,27,28)(H,29,30). The minimum Gasteiger partial charge on any atom is -0.480 e. The first-order valence-corrected chi connectivity index (χ1v) is 13.9. The van der Waals surface area contributed by atoms with Crippen molar-refractivity contribution >= 4 is 54.8 Å². The number of rotatable bonds is 9. The van der Waals surface area contributed by atoms with Gasteiger partial charge in [-0.3, -0.25) is 9.52 Å². The number of pyridine rings is 1. The van der Waals surface area contributed by atoms with Gasteiger partial charge in [0, 0.05) is 22.3 Å². The largest absolute Gasteiger partial charge is 0.480 e. The summed E-state index contributed by atoms with van der Waals surface area (Å²) in [6.45, 7) is 1.37. The average Bonchev–Trinajstić information content (AvgIpc) is 2.80. The number of carbonyl (C=O) groups is 1. The third-order valence-corrected chi connectivity index (χ3v) is 10.3. The SMILES string of the molecule is CCC(C(=O)O)S(=O)(=O)Nc1ccc(C(Cl)(c2cc(F)ccc2F)S(=O)(=O)c2ccc(Cl)cc2)cn1. The number of hydrogen-bond acceptors (Lipinski definition) is 6. The Morgan fingerprint density at radius 3 is 2.25 bits per heavy atom. The second-order valence-corrected chi connectivity index (χ2v) is 12.7. The van der Waals surface area contributed by atoms with E-state index < -0.39 is 52.5 Å². The first-order valence-electron chi connectivity index (χ1n) is 10.1. The molecule has 0 bridgehead atoms. The Bertz CT molecular complexity index is 1500. The molecule has 0 saturated carbocycles. The molecule has 2 N–H and O–H groups in total. The molecule has 0 aliphatic heterocycles. The molecule has 3 rings (SSSR count). The van der Waals surface area contributed by atoms with Gasteiger partial charge in [-0.05, 0) is 55.0 Å². The summed E-state index contributed by atoms with van der Waals surface area (Å²) >= 11 is 12.5. The molecule has 192 valence electrons. The fourth-order valence-electron chi connectivity index (χ4n) is 3.36. The summed E-state index contributed by atoms with van der Waals surface area (Å²) < 4.78 is 80.3. The lowest BCUT2D eigenvalue weighted by Crippen LogP contribution is -2.35. The lowest BCUT2D eigenvalue weighted by Gasteiger charge is -2.28. The van der Waals surface area contributed by atoms with Crippen molar-refractivity contribution in [1.82, 2.24) is 4.98 Å². The van der Waals surface area contributed by atoms with Crippen molar-refractivity contribution in [1.29, 1.82) is 0 Å². The second kappa shape index (κ2) is 10.3. The molecule has 0 amide bonds. The van der Waals surface area contributed by atoms with Gasteiger partial charge < -0.3 is 5.11 Å². The molecule has 0 aliphatic rings. The van der Waals surface area contributed by atoms with Crippen LogP contribution in [0.4, 0.5) is 14.6 Å². The number of nitrogens with zero attached hydrogens (tertiary/aromatic N) is 1. The van der Waals surface area contributed by atoms with Crippen LogP contribution < -0.4 is 4.72 Å². The number of anilines is 1. The Morgan fingerprint density at radius 2 is 1.72 bits per heavy atom. The second-order valence-electron chi connectivity index (χ2n) is 7.49. The lowest BCUT2D eigenvalue weighted by molar-refractivity contribution is -0.136. The molecule has 1 heterocycles. The molecular weight excluding hydrogens is 561 g/mol. The molecule has 0 spiro atoms. The number of hydrogen-bond donors (Lipinski definition) is 2. The number of alkyl halides is 1. The first kappa shape index (κ1) is 27.8. The number of nitrogens with one attached hydrogen (secondary N) is 1. The summed E-state index contributed by atoms with van der Waals surface area (Å²) in [5.41, 5.74) is -1.07. The Kier molecular flexibility index (Phi) is 7.94. The predicted molar refractivity (Wildman–Crippen MR) is 130 cm³/mol. The van der Waals surface area contributed by atoms with Crippen molar-refractivity contribution in [2.24, 2.45) is 0 Å². The van der Waals surface area contributed by atoms with Gasteiger partial charge in [-0.25, -0.2) is 30.6 Å². The highest BCUT2D eigenvalue weighted by molar-refractivity contribution is 7.94. The molecule has 1 aromatic heterocycles. The number of carboxylic acid groups (broad SMARTS) is 1. The zero-order valence-corrected chi connectivity index (χ0v) is 21.5. The van der Waals surface area contributed by atoms with E-state index in [1.165, 1.54) is 19.1 Å². The van der Waals surface area contributed by atoms with Crippen molar-refractivity contribution in [3.8, 4) is 0 Å². The van der Waals surface area contributed by atoms with Crippen molar-refractivity contribution in [3.63, 3.8) is 0 Å². The number of sulfone groups is 1. The van der Waals surface area contributed by atoms with E-state index in [2.05, 4.69) is 4.98 Å². The quantitative estimate of drug-likeness (QED) is 0.356. The summed E-state index contributed by atoms with van der Waals surface area (Å²) in [5.74, 6) is -4.00. The number of aliphatic carboxylic acids is 1.